The molecule has 1 aliphatic heterocycles. The Morgan fingerprint density at radius 1 is 1.47 bits per heavy atom. The van der Waals surface area contributed by atoms with Crippen LogP contribution in [0.15, 0.2) is 4.79 Å². The fourth-order valence-corrected chi connectivity index (χ4v) is 3.54. The van der Waals surface area contributed by atoms with Crippen molar-refractivity contribution in [2.45, 2.75) is 37.4 Å². The first-order chi connectivity index (χ1) is 6.99. The predicted molar refractivity (Wildman–Crippen MR) is 64.3 cm³/mol. The van der Waals surface area contributed by atoms with Gasteiger partial charge >= 0.3 is 0 Å². The second kappa shape index (κ2) is 3.63. The second-order valence-corrected chi connectivity index (χ2v) is 6.51. The number of thioether (sulfide) groups is 1. The Morgan fingerprint density at radius 3 is 2.73 bits per heavy atom. The average molecular weight is 227 g/mol. The smallest absolute Gasteiger partial charge is 0.269 e. The van der Waals surface area contributed by atoms with Crippen LogP contribution in [-0.4, -0.2) is 20.7 Å². The van der Waals surface area contributed by atoms with Crippen LogP contribution in [0.5, 0.6) is 0 Å². The first kappa shape index (κ1) is 10.7. The molecule has 0 radical (unpaired) electrons. The number of aromatic nitrogens is 2. The summed E-state index contributed by atoms with van der Waals surface area (Å²) in [5.74, 6) is 1.91. The van der Waals surface area contributed by atoms with Crippen LogP contribution in [0.4, 0.5) is 5.82 Å². The molecule has 0 saturated carbocycles. The van der Waals surface area contributed by atoms with Crippen molar-refractivity contribution in [2.75, 3.05) is 11.5 Å². The van der Waals surface area contributed by atoms with E-state index in [2.05, 4.69) is 24.0 Å². The molecular weight excluding hydrogens is 210 g/mol. The lowest BCUT2D eigenvalue weighted by Crippen LogP contribution is -2.27. The maximum absolute atomic E-state index is 11.6. The van der Waals surface area contributed by atoms with Crippen LogP contribution in [-0.2, 0) is 0 Å². The third-order valence-corrected chi connectivity index (χ3v) is 4.34. The van der Waals surface area contributed by atoms with Crippen LogP contribution < -0.4 is 11.3 Å². The van der Waals surface area contributed by atoms with Gasteiger partial charge in [-0.2, -0.15) is 11.8 Å². The third-order valence-electron chi connectivity index (χ3n) is 2.95. The van der Waals surface area contributed by atoms with E-state index in [1.807, 2.05) is 11.8 Å². The van der Waals surface area contributed by atoms with Crippen molar-refractivity contribution in [1.82, 2.24) is 10.2 Å². The number of rotatable bonds is 1. The predicted octanol–water partition coefficient (Wildman–Crippen LogP) is 1.67. The van der Waals surface area contributed by atoms with Crippen LogP contribution in [0.1, 0.15) is 38.2 Å². The summed E-state index contributed by atoms with van der Waals surface area (Å²) in [5, 5.41) is 5.24. The lowest BCUT2D eigenvalue weighted by Gasteiger charge is -2.34. The van der Waals surface area contributed by atoms with Crippen molar-refractivity contribution >= 4 is 17.6 Å². The molecule has 2 rings (SSSR count). The molecule has 5 heteroatoms. The Morgan fingerprint density at radius 2 is 2.20 bits per heavy atom. The Bertz CT molecular complexity index is 407. The number of nitrogens with two attached hydrogens (primary N) is 1. The molecule has 4 nitrogen and oxygen atoms in total. The summed E-state index contributed by atoms with van der Waals surface area (Å²) in [6.07, 6.45) is 2.06. The van der Waals surface area contributed by atoms with Crippen molar-refractivity contribution in [3.8, 4) is 0 Å². The minimum absolute atomic E-state index is 0.0554. The standard InChI is InChI=1S/C10H17N3OS/c1-10(2)5-6(3-4-15-10)7-8(11)12-13-9(7)14/h6H,3-5H2,1-2H3,(H4,11,12,13,14). The molecule has 1 fully saturated rings. The minimum Gasteiger partial charge on any atom is -0.384 e. The Hall–Kier alpha value is -0.840. The van der Waals surface area contributed by atoms with E-state index in [-0.39, 0.29) is 10.3 Å². The quantitative estimate of drug-likeness (QED) is 0.683. The van der Waals surface area contributed by atoms with Gasteiger partial charge in [-0.3, -0.25) is 15.0 Å². The molecule has 15 heavy (non-hydrogen) atoms. The van der Waals surface area contributed by atoms with E-state index in [4.69, 9.17) is 5.73 Å². The topological polar surface area (TPSA) is 74.7 Å². The van der Waals surface area contributed by atoms with Gasteiger partial charge in [-0.05, 0) is 24.5 Å². The zero-order valence-corrected chi connectivity index (χ0v) is 9.91. The van der Waals surface area contributed by atoms with E-state index >= 15 is 0 Å². The van der Waals surface area contributed by atoms with E-state index in [9.17, 15) is 4.79 Å². The van der Waals surface area contributed by atoms with E-state index in [0.29, 0.717) is 11.7 Å². The summed E-state index contributed by atoms with van der Waals surface area (Å²) in [7, 11) is 0. The van der Waals surface area contributed by atoms with Gasteiger partial charge in [-0.25, -0.2) is 0 Å². The third kappa shape index (κ3) is 2.07. The molecule has 1 aromatic heterocycles. The fourth-order valence-electron chi connectivity index (χ4n) is 2.26. The lowest BCUT2D eigenvalue weighted by atomic mass is 9.88. The van der Waals surface area contributed by atoms with Gasteiger partial charge in [0.15, 0.2) is 0 Å². The molecule has 0 bridgehead atoms. The van der Waals surface area contributed by atoms with Crippen LogP contribution in [0.3, 0.4) is 0 Å². The Balaban J connectivity index is 2.28. The van der Waals surface area contributed by atoms with Gasteiger partial charge in [0, 0.05) is 4.75 Å². The molecule has 0 spiro atoms. The van der Waals surface area contributed by atoms with Gasteiger partial charge in [-0.1, -0.05) is 13.8 Å². The van der Waals surface area contributed by atoms with Crippen LogP contribution in [0.25, 0.3) is 0 Å². The number of nitrogen functional groups attached to an aromatic ring is 1. The molecule has 4 N–H and O–H groups in total. The van der Waals surface area contributed by atoms with Gasteiger partial charge < -0.3 is 5.73 Å². The summed E-state index contributed by atoms with van der Waals surface area (Å²) in [5.41, 5.74) is 6.46. The van der Waals surface area contributed by atoms with Crippen LogP contribution in [0, 0.1) is 0 Å². The van der Waals surface area contributed by atoms with Gasteiger partial charge in [-0.15, -0.1) is 0 Å². The first-order valence-electron chi connectivity index (χ1n) is 5.19. The molecule has 1 aromatic rings. The monoisotopic (exact) mass is 227 g/mol. The van der Waals surface area contributed by atoms with Gasteiger partial charge in [0.2, 0.25) is 0 Å². The normalized spacial score (nSPS) is 25.3. The molecular formula is C10H17N3OS. The van der Waals surface area contributed by atoms with Gasteiger partial charge in [0.1, 0.15) is 5.82 Å². The Labute approximate surface area is 93.0 Å². The van der Waals surface area contributed by atoms with Crippen LogP contribution in [0.2, 0.25) is 0 Å². The Kier molecular flexibility index (Phi) is 2.58. The molecule has 2 heterocycles. The second-order valence-electron chi connectivity index (χ2n) is 4.70. The van der Waals surface area contributed by atoms with Crippen molar-refractivity contribution in [3.05, 3.63) is 15.9 Å². The number of H-pyrrole nitrogens is 2. The highest BCUT2D eigenvalue weighted by atomic mass is 32.2. The maximum Gasteiger partial charge on any atom is 0.269 e. The summed E-state index contributed by atoms with van der Waals surface area (Å²) in [6, 6.07) is 0. The zero-order chi connectivity index (χ0) is 11.1. The van der Waals surface area contributed by atoms with Crippen LogP contribution >= 0.6 is 11.8 Å². The number of aromatic amines is 2. The number of nitrogens with one attached hydrogen (secondary N) is 2. The molecule has 1 atom stereocenters. The average Bonchev–Trinajstić information content (AvgIpc) is 2.44. The zero-order valence-electron chi connectivity index (χ0n) is 9.09. The highest BCUT2D eigenvalue weighted by molar-refractivity contribution is 8.00. The molecule has 1 saturated heterocycles. The minimum atomic E-state index is -0.0554. The summed E-state index contributed by atoms with van der Waals surface area (Å²) in [6.45, 7) is 4.45. The molecule has 0 aliphatic carbocycles. The highest BCUT2D eigenvalue weighted by Crippen LogP contribution is 2.43. The van der Waals surface area contributed by atoms with Gasteiger partial charge in [0.05, 0.1) is 5.56 Å². The largest absolute Gasteiger partial charge is 0.384 e. The van der Waals surface area contributed by atoms with Crippen molar-refractivity contribution < 1.29 is 0 Å². The van der Waals surface area contributed by atoms with E-state index in [1.54, 1.807) is 0 Å². The van der Waals surface area contributed by atoms with E-state index < -0.39 is 0 Å². The molecule has 1 aliphatic rings. The van der Waals surface area contributed by atoms with E-state index in [1.165, 1.54) is 0 Å². The number of anilines is 1. The summed E-state index contributed by atoms with van der Waals surface area (Å²) < 4.78 is 0.249. The van der Waals surface area contributed by atoms with Crippen molar-refractivity contribution in [3.63, 3.8) is 0 Å². The summed E-state index contributed by atoms with van der Waals surface area (Å²) in [4.78, 5) is 11.6. The van der Waals surface area contributed by atoms with Gasteiger partial charge in [0.25, 0.3) is 5.56 Å². The molecule has 1 unspecified atom stereocenters. The maximum atomic E-state index is 11.6. The fraction of sp³-hybridized carbons (Fsp3) is 0.700. The summed E-state index contributed by atoms with van der Waals surface area (Å²) >= 11 is 1.97. The number of hydrogen-bond donors (Lipinski definition) is 3. The first-order valence-corrected chi connectivity index (χ1v) is 6.18. The molecule has 84 valence electrons. The van der Waals surface area contributed by atoms with Crippen molar-refractivity contribution in [1.29, 1.82) is 0 Å². The lowest BCUT2D eigenvalue weighted by molar-refractivity contribution is 0.505. The highest BCUT2D eigenvalue weighted by Gasteiger charge is 2.32. The number of hydrogen-bond acceptors (Lipinski definition) is 3. The SMILES string of the molecule is CC1(C)CC(c2c(N)[nH][nH]c2=O)CCS1. The van der Waals surface area contributed by atoms with E-state index in [0.717, 1.165) is 24.2 Å². The van der Waals surface area contributed by atoms with Crippen molar-refractivity contribution in [2.24, 2.45) is 0 Å². The molecule has 0 amide bonds. The molecule has 0 aromatic carbocycles.